The van der Waals surface area contributed by atoms with Crippen molar-refractivity contribution in [1.82, 2.24) is 5.32 Å². The molecule has 1 aliphatic heterocycles. The Labute approximate surface area is 114 Å². The first-order valence-corrected chi connectivity index (χ1v) is 8.25. The predicted octanol–water partition coefficient (Wildman–Crippen LogP) is 3.99. The molecular weight excluding hydrogens is 220 g/mol. The van der Waals surface area contributed by atoms with Gasteiger partial charge in [-0.05, 0) is 19.8 Å². The second kappa shape index (κ2) is 9.80. The van der Waals surface area contributed by atoms with Crippen molar-refractivity contribution in [2.45, 2.75) is 103 Å². The Kier molecular flexibility index (Phi) is 8.70. The van der Waals surface area contributed by atoms with Crippen molar-refractivity contribution in [3.05, 3.63) is 0 Å². The van der Waals surface area contributed by atoms with Crippen LogP contribution in [0.3, 0.4) is 0 Å². The molecule has 1 rings (SSSR count). The lowest BCUT2D eigenvalue weighted by Crippen LogP contribution is -2.22. The number of hydrogen-bond acceptors (Lipinski definition) is 2. The molecule has 0 aliphatic carbocycles. The summed E-state index contributed by atoms with van der Waals surface area (Å²) in [4.78, 5) is 0. The molecule has 0 amide bonds. The molecule has 2 heteroatoms. The van der Waals surface area contributed by atoms with E-state index < -0.39 is 0 Å². The summed E-state index contributed by atoms with van der Waals surface area (Å²) in [5.41, 5.74) is 6.13. The highest BCUT2D eigenvalue weighted by Gasteiger charge is 2.32. The smallest absolute Gasteiger partial charge is 0.0236 e. The van der Waals surface area contributed by atoms with Crippen molar-refractivity contribution in [1.29, 1.82) is 0 Å². The molecule has 1 aliphatic rings. The topological polar surface area (TPSA) is 48.0 Å². The summed E-state index contributed by atoms with van der Waals surface area (Å²) < 4.78 is 0. The minimum Gasteiger partial charge on any atom is -0.328 e. The van der Waals surface area contributed by atoms with Gasteiger partial charge in [0.2, 0.25) is 0 Å². The van der Waals surface area contributed by atoms with Crippen molar-refractivity contribution in [2.24, 2.45) is 5.73 Å². The first kappa shape index (κ1) is 16.0. The minimum absolute atomic E-state index is 0.428. The maximum absolute atomic E-state index is 6.13. The molecule has 1 heterocycles. The molecule has 3 unspecified atom stereocenters. The highest BCUT2D eigenvalue weighted by atomic mass is 15.1. The van der Waals surface area contributed by atoms with Crippen molar-refractivity contribution in [3.8, 4) is 0 Å². The molecule has 1 fully saturated rings. The van der Waals surface area contributed by atoms with Crippen LogP contribution in [0, 0.1) is 0 Å². The summed E-state index contributed by atoms with van der Waals surface area (Å²) in [6, 6.07) is 1.87. The third kappa shape index (κ3) is 8.10. The Morgan fingerprint density at radius 3 is 1.94 bits per heavy atom. The lowest BCUT2D eigenvalue weighted by Gasteiger charge is -2.10. The third-order valence-corrected chi connectivity index (χ3v) is 4.21. The van der Waals surface area contributed by atoms with Crippen LogP contribution in [-0.4, -0.2) is 18.1 Å². The quantitative estimate of drug-likeness (QED) is 0.409. The number of nitrogens with one attached hydrogen (secondary N) is 1. The van der Waals surface area contributed by atoms with Gasteiger partial charge >= 0.3 is 0 Å². The van der Waals surface area contributed by atoms with Crippen molar-refractivity contribution in [3.63, 3.8) is 0 Å². The monoisotopic (exact) mass is 254 g/mol. The molecule has 3 N–H and O–H groups in total. The van der Waals surface area contributed by atoms with Crippen LogP contribution in [0.25, 0.3) is 0 Å². The Balaban J connectivity index is 1.75. The van der Waals surface area contributed by atoms with Gasteiger partial charge < -0.3 is 11.1 Å². The third-order valence-electron chi connectivity index (χ3n) is 4.21. The van der Waals surface area contributed by atoms with Crippen LogP contribution < -0.4 is 11.1 Å². The minimum atomic E-state index is 0.428. The van der Waals surface area contributed by atoms with Crippen LogP contribution in [0.1, 0.15) is 84.5 Å². The Morgan fingerprint density at radius 1 is 0.944 bits per heavy atom. The standard InChI is InChI=1S/C16H34N2/c1-3-4-5-6-7-8-9-10-11-12-15(17)13-16-14(2)18-16/h14-16,18H,3-13,17H2,1-2H3. The molecule has 1 saturated heterocycles. The Hall–Kier alpha value is -0.0800. The second-order valence-corrected chi connectivity index (χ2v) is 6.17. The van der Waals surface area contributed by atoms with E-state index in [0.29, 0.717) is 6.04 Å². The Morgan fingerprint density at radius 2 is 1.44 bits per heavy atom. The zero-order valence-corrected chi connectivity index (χ0v) is 12.6. The lowest BCUT2D eigenvalue weighted by molar-refractivity contribution is 0.502. The average Bonchev–Trinajstić information content (AvgIpc) is 3.02. The van der Waals surface area contributed by atoms with Crippen LogP contribution in [0.15, 0.2) is 0 Å². The van der Waals surface area contributed by atoms with E-state index in [4.69, 9.17) is 5.73 Å². The fraction of sp³-hybridized carbons (Fsp3) is 1.00. The number of nitrogens with two attached hydrogens (primary N) is 1. The molecule has 2 nitrogen and oxygen atoms in total. The van der Waals surface area contributed by atoms with Crippen molar-refractivity contribution < 1.29 is 0 Å². The van der Waals surface area contributed by atoms with Gasteiger partial charge in [0.05, 0.1) is 0 Å². The fourth-order valence-electron chi connectivity index (χ4n) is 2.72. The van der Waals surface area contributed by atoms with E-state index in [2.05, 4.69) is 19.2 Å². The van der Waals surface area contributed by atoms with Crippen molar-refractivity contribution in [2.75, 3.05) is 0 Å². The summed E-state index contributed by atoms with van der Waals surface area (Å²) in [5.74, 6) is 0. The molecule has 0 aromatic heterocycles. The number of hydrogen-bond donors (Lipinski definition) is 2. The number of rotatable bonds is 12. The summed E-state index contributed by atoms with van der Waals surface area (Å²) in [6.45, 7) is 4.52. The summed E-state index contributed by atoms with van der Waals surface area (Å²) in [7, 11) is 0. The lowest BCUT2D eigenvalue weighted by atomic mass is 10.0. The predicted molar refractivity (Wildman–Crippen MR) is 80.8 cm³/mol. The van der Waals surface area contributed by atoms with Gasteiger partial charge in [-0.25, -0.2) is 0 Å². The maximum atomic E-state index is 6.13. The summed E-state index contributed by atoms with van der Waals surface area (Å²) in [5, 5.41) is 3.42. The maximum Gasteiger partial charge on any atom is 0.0236 e. The molecule has 0 radical (unpaired) electrons. The molecule has 0 bridgehead atoms. The average molecular weight is 254 g/mol. The molecule has 0 saturated carbocycles. The first-order chi connectivity index (χ1) is 8.74. The SMILES string of the molecule is CCCCCCCCCCCC(N)CC1NC1C. The zero-order valence-electron chi connectivity index (χ0n) is 12.6. The normalized spacial score (nSPS) is 24.2. The second-order valence-electron chi connectivity index (χ2n) is 6.17. The van der Waals surface area contributed by atoms with Crippen LogP contribution in [0.4, 0.5) is 0 Å². The summed E-state index contributed by atoms with van der Waals surface area (Å²) in [6.07, 6.45) is 15.1. The van der Waals surface area contributed by atoms with Gasteiger partial charge in [-0.3, -0.25) is 0 Å². The van der Waals surface area contributed by atoms with E-state index in [-0.39, 0.29) is 0 Å². The van der Waals surface area contributed by atoms with Crippen LogP contribution in [0.5, 0.6) is 0 Å². The molecule has 3 atom stereocenters. The molecule has 0 aromatic rings. The van der Waals surface area contributed by atoms with Gasteiger partial charge in [0.25, 0.3) is 0 Å². The van der Waals surface area contributed by atoms with Crippen LogP contribution in [-0.2, 0) is 0 Å². The highest BCUT2D eigenvalue weighted by molar-refractivity contribution is 4.96. The van der Waals surface area contributed by atoms with Gasteiger partial charge in [-0.15, -0.1) is 0 Å². The summed E-state index contributed by atoms with van der Waals surface area (Å²) >= 11 is 0. The van der Waals surface area contributed by atoms with Crippen LogP contribution >= 0.6 is 0 Å². The van der Waals surface area contributed by atoms with E-state index in [9.17, 15) is 0 Å². The van der Waals surface area contributed by atoms with E-state index in [1.807, 2.05) is 0 Å². The Bertz CT molecular complexity index is 194. The van der Waals surface area contributed by atoms with Gasteiger partial charge in [-0.1, -0.05) is 64.7 Å². The van der Waals surface area contributed by atoms with Gasteiger partial charge in [0.1, 0.15) is 0 Å². The van der Waals surface area contributed by atoms with E-state index >= 15 is 0 Å². The molecule has 108 valence electrons. The van der Waals surface area contributed by atoms with Gasteiger partial charge in [0, 0.05) is 18.1 Å². The van der Waals surface area contributed by atoms with Gasteiger partial charge in [0.15, 0.2) is 0 Å². The first-order valence-electron chi connectivity index (χ1n) is 8.25. The largest absolute Gasteiger partial charge is 0.328 e. The molecule has 0 spiro atoms. The van der Waals surface area contributed by atoms with E-state index in [0.717, 1.165) is 12.1 Å². The molecule has 18 heavy (non-hydrogen) atoms. The van der Waals surface area contributed by atoms with Crippen LogP contribution in [0.2, 0.25) is 0 Å². The molecular formula is C16H34N2. The van der Waals surface area contributed by atoms with E-state index in [1.165, 1.54) is 70.6 Å². The van der Waals surface area contributed by atoms with E-state index in [1.54, 1.807) is 0 Å². The molecule has 0 aromatic carbocycles. The fourth-order valence-corrected chi connectivity index (χ4v) is 2.72. The zero-order chi connectivity index (χ0) is 13.2. The highest BCUT2D eigenvalue weighted by Crippen LogP contribution is 2.18. The van der Waals surface area contributed by atoms with Gasteiger partial charge in [-0.2, -0.15) is 0 Å². The van der Waals surface area contributed by atoms with Crippen molar-refractivity contribution >= 4 is 0 Å². The number of unbranched alkanes of at least 4 members (excludes halogenated alkanes) is 8.